The van der Waals surface area contributed by atoms with Crippen LogP contribution in [-0.4, -0.2) is 16.5 Å². The van der Waals surface area contributed by atoms with E-state index in [4.69, 9.17) is 0 Å². The Morgan fingerprint density at radius 1 is 0.944 bits per heavy atom. The topological polar surface area (TPSA) is 37.8 Å². The third-order valence-corrected chi connectivity index (χ3v) is 2.87. The third-order valence-electron chi connectivity index (χ3n) is 2.87. The molecule has 0 bridgehead atoms. The number of nitrogens with one attached hydrogen (secondary N) is 1. The largest absolute Gasteiger partial charge is 0.306 e. The molecule has 3 heteroatoms. The van der Waals surface area contributed by atoms with Gasteiger partial charge in [-0.05, 0) is 42.6 Å². The molecule has 0 amide bonds. The minimum atomic E-state index is 0.162. The van der Waals surface area contributed by atoms with Crippen LogP contribution in [-0.2, 0) is 0 Å². The van der Waals surface area contributed by atoms with Crippen molar-refractivity contribution < 1.29 is 0 Å². The highest BCUT2D eigenvalue weighted by atomic mass is 14.9. The van der Waals surface area contributed by atoms with E-state index < -0.39 is 0 Å². The van der Waals surface area contributed by atoms with E-state index in [9.17, 15) is 0 Å². The number of pyridine rings is 2. The molecule has 1 N–H and O–H groups in total. The average Bonchev–Trinajstić information content (AvgIpc) is 2.36. The van der Waals surface area contributed by atoms with Crippen molar-refractivity contribution in [2.45, 2.75) is 26.8 Å². The molecular formula is C15H19N3. The van der Waals surface area contributed by atoms with E-state index >= 15 is 0 Å². The molecule has 0 atom stereocenters. The molecule has 0 spiro atoms. The zero-order valence-electron chi connectivity index (χ0n) is 11.1. The lowest BCUT2D eigenvalue weighted by atomic mass is 10.00. The lowest BCUT2D eigenvalue weighted by molar-refractivity contribution is 0.625. The smallest absolute Gasteiger partial charge is 0.0607 e. The van der Waals surface area contributed by atoms with Gasteiger partial charge in [0.1, 0.15) is 0 Å². The summed E-state index contributed by atoms with van der Waals surface area (Å²) in [5, 5.41) is 3.49. The first-order valence-corrected chi connectivity index (χ1v) is 6.27. The van der Waals surface area contributed by atoms with Crippen molar-refractivity contribution in [3.63, 3.8) is 0 Å². The number of aromatic nitrogens is 2. The molecule has 0 unspecified atom stereocenters. The van der Waals surface area contributed by atoms with Gasteiger partial charge in [0.05, 0.1) is 6.04 Å². The van der Waals surface area contributed by atoms with Crippen molar-refractivity contribution >= 4 is 0 Å². The first kappa shape index (κ1) is 12.7. The molecule has 0 radical (unpaired) electrons. The van der Waals surface area contributed by atoms with Gasteiger partial charge in [0.2, 0.25) is 0 Å². The average molecular weight is 241 g/mol. The Balaban J connectivity index is 2.39. The molecule has 0 saturated carbocycles. The summed E-state index contributed by atoms with van der Waals surface area (Å²) in [5.41, 5.74) is 4.72. The van der Waals surface area contributed by atoms with E-state index in [2.05, 4.69) is 48.2 Å². The second kappa shape index (κ2) is 5.74. The summed E-state index contributed by atoms with van der Waals surface area (Å²) in [4.78, 5) is 8.55. The molecule has 2 rings (SSSR count). The summed E-state index contributed by atoms with van der Waals surface area (Å²) in [6.45, 7) is 7.15. The summed E-state index contributed by atoms with van der Waals surface area (Å²) in [7, 11) is 0. The minimum Gasteiger partial charge on any atom is -0.306 e. The van der Waals surface area contributed by atoms with Crippen LogP contribution in [0, 0.1) is 13.8 Å². The SMILES string of the molecule is CCNC(c1cncc(C)c1)c1cncc(C)c1. The highest BCUT2D eigenvalue weighted by Crippen LogP contribution is 2.22. The summed E-state index contributed by atoms with van der Waals surface area (Å²) in [6, 6.07) is 4.50. The van der Waals surface area contributed by atoms with Crippen molar-refractivity contribution in [3.8, 4) is 0 Å². The Bertz CT molecular complexity index is 477. The molecule has 0 fully saturated rings. The fourth-order valence-corrected chi connectivity index (χ4v) is 2.10. The summed E-state index contributed by atoms with van der Waals surface area (Å²) in [5.74, 6) is 0. The molecule has 3 nitrogen and oxygen atoms in total. The maximum absolute atomic E-state index is 4.27. The lowest BCUT2D eigenvalue weighted by Crippen LogP contribution is -2.22. The molecule has 2 aromatic heterocycles. The fraction of sp³-hybridized carbons (Fsp3) is 0.333. The molecule has 0 aliphatic heterocycles. The van der Waals surface area contributed by atoms with E-state index in [0.717, 1.165) is 6.54 Å². The maximum atomic E-state index is 4.27. The lowest BCUT2D eigenvalue weighted by Gasteiger charge is -2.19. The van der Waals surface area contributed by atoms with Crippen molar-refractivity contribution in [1.29, 1.82) is 0 Å². The van der Waals surface area contributed by atoms with Crippen molar-refractivity contribution in [3.05, 3.63) is 59.2 Å². The molecule has 18 heavy (non-hydrogen) atoms. The van der Waals surface area contributed by atoms with E-state index in [-0.39, 0.29) is 6.04 Å². The van der Waals surface area contributed by atoms with Gasteiger partial charge in [-0.3, -0.25) is 9.97 Å². The van der Waals surface area contributed by atoms with E-state index in [0.29, 0.717) is 0 Å². The standard InChI is InChI=1S/C15H19N3/c1-4-18-15(13-5-11(2)7-16-9-13)14-6-12(3)8-17-10-14/h5-10,15,18H,4H2,1-3H3. The quantitative estimate of drug-likeness (QED) is 0.894. The van der Waals surface area contributed by atoms with E-state index in [1.54, 1.807) is 0 Å². The molecule has 0 aliphatic rings. The highest BCUT2D eigenvalue weighted by Gasteiger charge is 2.13. The van der Waals surface area contributed by atoms with Gasteiger partial charge in [-0.25, -0.2) is 0 Å². The predicted octanol–water partition coefficient (Wildman–Crippen LogP) is 2.79. The number of hydrogen-bond donors (Lipinski definition) is 1. The van der Waals surface area contributed by atoms with Crippen molar-refractivity contribution in [2.24, 2.45) is 0 Å². The van der Waals surface area contributed by atoms with Gasteiger partial charge in [-0.2, -0.15) is 0 Å². The van der Waals surface area contributed by atoms with Crippen LogP contribution in [0.3, 0.4) is 0 Å². The maximum Gasteiger partial charge on any atom is 0.0607 e. The van der Waals surface area contributed by atoms with Gasteiger partial charge in [0.25, 0.3) is 0 Å². The first-order chi connectivity index (χ1) is 8.70. The van der Waals surface area contributed by atoms with Crippen LogP contribution in [0.1, 0.15) is 35.2 Å². The van der Waals surface area contributed by atoms with Gasteiger partial charge in [0.15, 0.2) is 0 Å². The van der Waals surface area contributed by atoms with Gasteiger partial charge >= 0.3 is 0 Å². The van der Waals surface area contributed by atoms with E-state index in [1.165, 1.54) is 22.3 Å². The van der Waals surface area contributed by atoms with Gasteiger partial charge in [-0.15, -0.1) is 0 Å². The highest BCUT2D eigenvalue weighted by molar-refractivity contribution is 5.31. The zero-order valence-corrected chi connectivity index (χ0v) is 11.1. The number of hydrogen-bond acceptors (Lipinski definition) is 3. The monoisotopic (exact) mass is 241 g/mol. The molecule has 0 saturated heterocycles. The molecule has 94 valence electrons. The Morgan fingerprint density at radius 3 is 1.83 bits per heavy atom. The van der Waals surface area contributed by atoms with Crippen molar-refractivity contribution in [1.82, 2.24) is 15.3 Å². The predicted molar refractivity (Wildman–Crippen MR) is 73.5 cm³/mol. The van der Waals surface area contributed by atoms with Crippen LogP contribution in [0.15, 0.2) is 36.9 Å². The van der Waals surface area contributed by atoms with Crippen LogP contribution in [0.4, 0.5) is 0 Å². The van der Waals surface area contributed by atoms with Gasteiger partial charge in [0, 0.05) is 24.8 Å². The Kier molecular flexibility index (Phi) is 4.05. The Labute approximate surface area is 108 Å². The summed E-state index contributed by atoms with van der Waals surface area (Å²) >= 11 is 0. The normalized spacial score (nSPS) is 10.9. The number of rotatable bonds is 4. The van der Waals surface area contributed by atoms with Gasteiger partial charge < -0.3 is 5.32 Å². The number of nitrogens with zero attached hydrogens (tertiary/aromatic N) is 2. The first-order valence-electron chi connectivity index (χ1n) is 6.27. The zero-order chi connectivity index (χ0) is 13.0. The van der Waals surface area contributed by atoms with Crippen LogP contribution in [0.2, 0.25) is 0 Å². The molecule has 2 heterocycles. The van der Waals surface area contributed by atoms with E-state index in [1.807, 2.05) is 24.8 Å². The molecule has 0 aromatic carbocycles. The van der Waals surface area contributed by atoms with Gasteiger partial charge in [-0.1, -0.05) is 19.1 Å². The third kappa shape index (κ3) is 2.93. The Morgan fingerprint density at radius 2 is 1.44 bits per heavy atom. The second-order valence-electron chi connectivity index (χ2n) is 4.58. The summed E-state index contributed by atoms with van der Waals surface area (Å²) < 4.78 is 0. The molecule has 0 aliphatic carbocycles. The van der Waals surface area contributed by atoms with Crippen LogP contribution < -0.4 is 5.32 Å². The van der Waals surface area contributed by atoms with Crippen LogP contribution in [0.5, 0.6) is 0 Å². The fourth-order valence-electron chi connectivity index (χ4n) is 2.10. The van der Waals surface area contributed by atoms with Crippen LogP contribution in [0.25, 0.3) is 0 Å². The minimum absolute atomic E-state index is 0.162. The Hall–Kier alpha value is -1.74. The number of aryl methyl sites for hydroxylation is 2. The molecular weight excluding hydrogens is 222 g/mol. The van der Waals surface area contributed by atoms with Crippen LogP contribution >= 0.6 is 0 Å². The van der Waals surface area contributed by atoms with Crippen molar-refractivity contribution in [2.75, 3.05) is 6.54 Å². The molecule has 2 aromatic rings. The summed E-state index contributed by atoms with van der Waals surface area (Å²) in [6.07, 6.45) is 7.59. The second-order valence-corrected chi connectivity index (χ2v) is 4.58.